The van der Waals surface area contributed by atoms with Crippen LogP contribution in [-0.4, -0.2) is 96.7 Å². The van der Waals surface area contributed by atoms with Crippen LogP contribution >= 0.6 is 15.6 Å². The van der Waals surface area contributed by atoms with Crippen molar-refractivity contribution >= 4 is 39.5 Å². The van der Waals surface area contributed by atoms with E-state index in [4.69, 9.17) is 37.0 Å². The van der Waals surface area contributed by atoms with E-state index in [1.807, 2.05) is 0 Å². The van der Waals surface area contributed by atoms with Crippen LogP contribution in [-0.2, 0) is 65.4 Å². The van der Waals surface area contributed by atoms with E-state index >= 15 is 0 Å². The summed E-state index contributed by atoms with van der Waals surface area (Å²) in [5.74, 6) is 0.279. The van der Waals surface area contributed by atoms with Gasteiger partial charge in [-0.3, -0.25) is 37.3 Å². The largest absolute Gasteiger partial charge is 0.472 e. The van der Waals surface area contributed by atoms with Crippen LogP contribution < -0.4 is 0 Å². The number of aliphatic hydroxyl groups excluding tert-OH is 1. The predicted molar refractivity (Wildman–Crippen MR) is 437 cm³/mol. The van der Waals surface area contributed by atoms with Gasteiger partial charge >= 0.3 is 39.5 Å². The molecule has 0 radical (unpaired) electrons. The first-order valence-electron chi connectivity index (χ1n) is 44.9. The number of esters is 4. The molecule has 0 aromatic carbocycles. The summed E-state index contributed by atoms with van der Waals surface area (Å²) in [6.07, 6.45) is 68.1. The molecule has 0 aliphatic carbocycles. The molecule has 630 valence electrons. The van der Waals surface area contributed by atoms with Crippen molar-refractivity contribution in [1.29, 1.82) is 0 Å². The molecule has 0 bridgehead atoms. The molecule has 0 aromatic heterocycles. The number of hydrogen-bond acceptors (Lipinski definition) is 15. The van der Waals surface area contributed by atoms with Gasteiger partial charge in [-0.1, -0.05) is 408 Å². The Hall–Kier alpha value is -1.94. The van der Waals surface area contributed by atoms with E-state index in [1.165, 1.54) is 263 Å². The van der Waals surface area contributed by atoms with Gasteiger partial charge in [-0.2, -0.15) is 0 Å². The summed E-state index contributed by atoms with van der Waals surface area (Å²) >= 11 is 0. The first kappa shape index (κ1) is 104. The molecule has 3 unspecified atom stereocenters. The topological polar surface area (TPSA) is 237 Å². The fraction of sp³-hybridized carbons (Fsp3) is 0.954. The third kappa shape index (κ3) is 78.7. The molecule has 0 aromatic rings. The summed E-state index contributed by atoms with van der Waals surface area (Å²) in [5, 5.41) is 10.7. The van der Waals surface area contributed by atoms with E-state index in [9.17, 15) is 43.2 Å². The van der Waals surface area contributed by atoms with Crippen LogP contribution in [0.1, 0.15) is 459 Å². The molecule has 0 saturated carbocycles. The van der Waals surface area contributed by atoms with Gasteiger partial charge in [0.15, 0.2) is 12.2 Å². The molecule has 6 atom stereocenters. The molecule has 3 N–H and O–H groups in total. The van der Waals surface area contributed by atoms with Gasteiger partial charge in [0.05, 0.1) is 26.4 Å². The summed E-state index contributed by atoms with van der Waals surface area (Å²) in [5.41, 5.74) is 0. The number of carbonyl (C=O) groups is 4. The number of aliphatic hydroxyl groups is 1. The van der Waals surface area contributed by atoms with Crippen LogP contribution in [0.2, 0.25) is 0 Å². The molecular formula is C87H170O17P2. The second-order valence-electron chi connectivity index (χ2n) is 32.5. The van der Waals surface area contributed by atoms with Gasteiger partial charge in [0.1, 0.15) is 19.3 Å². The normalized spacial score (nSPS) is 14.1. The van der Waals surface area contributed by atoms with Gasteiger partial charge in [-0.15, -0.1) is 0 Å². The lowest BCUT2D eigenvalue weighted by atomic mass is 9.99. The highest BCUT2D eigenvalue weighted by Gasteiger charge is 2.31. The molecule has 0 amide bonds. The highest BCUT2D eigenvalue weighted by molar-refractivity contribution is 7.47. The zero-order valence-corrected chi connectivity index (χ0v) is 71.7. The SMILES string of the molecule is CCCCCCCCCCCCCCCCCCC(=O)O[C@H](COC(=O)CCCCCCCCCC(C)C)COP(=O)(O)OC[C@H](O)COP(=O)(O)OC[C@@H](COC(=O)CCCCCCCCCCCCCCCCCC(C)C)OC(=O)CCCCCCCCCCCCCCCCCCCCC(C)CC. The van der Waals surface area contributed by atoms with Crippen LogP contribution in [0.15, 0.2) is 0 Å². The lowest BCUT2D eigenvalue weighted by molar-refractivity contribution is -0.161. The average molecular weight is 1550 g/mol. The minimum atomic E-state index is -4.97. The fourth-order valence-electron chi connectivity index (χ4n) is 13.5. The summed E-state index contributed by atoms with van der Waals surface area (Å²) in [6, 6.07) is 0. The molecular weight excluding hydrogens is 1380 g/mol. The van der Waals surface area contributed by atoms with Gasteiger partial charge in [0.25, 0.3) is 0 Å². The molecule has 0 rings (SSSR count). The summed E-state index contributed by atoms with van der Waals surface area (Å²) in [6.45, 7) is 12.0. The average Bonchev–Trinajstić information content (AvgIpc) is 0.905. The van der Waals surface area contributed by atoms with Crippen molar-refractivity contribution in [3.8, 4) is 0 Å². The van der Waals surface area contributed by atoms with Gasteiger partial charge in [-0.25, -0.2) is 9.13 Å². The van der Waals surface area contributed by atoms with Crippen molar-refractivity contribution in [1.82, 2.24) is 0 Å². The van der Waals surface area contributed by atoms with Crippen molar-refractivity contribution in [2.45, 2.75) is 478 Å². The van der Waals surface area contributed by atoms with Crippen molar-refractivity contribution in [2.24, 2.45) is 17.8 Å². The number of ether oxygens (including phenoxy) is 4. The molecule has 0 aliphatic heterocycles. The molecule has 0 fully saturated rings. The molecule has 0 spiro atoms. The van der Waals surface area contributed by atoms with Gasteiger partial charge in [0.2, 0.25) is 0 Å². The number of rotatable bonds is 85. The Balaban J connectivity index is 5.22. The second kappa shape index (κ2) is 77.0. The highest BCUT2D eigenvalue weighted by atomic mass is 31.2. The second-order valence-corrected chi connectivity index (χ2v) is 35.4. The molecule has 0 saturated heterocycles. The van der Waals surface area contributed by atoms with Gasteiger partial charge < -0.3 is 33.8 Å². The first-order valence-corrected chi connectivity index (χ1v) is 47.9. The smallest absolute Gasteiger partial charge is 0.462 e. The maximum Gasteiger partial charge on any atom is 0.472 e. The minimum absolute atomic E-state index is 0.108. The first-order chi connectivity index (χ1) is 51.3. The molecule has 106 heavy (non-hydrogen) atoms. The highest BCUT2D eigenvalue weighted by Crippen LogP contribution is 2.45. The van der Waals surface area contributed by atoms with Crippen molar-refractivity contribution in [2.75, 3.05) is 39.6 Å². The molecule has 17 nitrogen and oxygen atoms in total. The maximum atomic E-state index is 13.2. The quantitative estimate of drug-likeness (QED) is 0.0222. The molecule has 0 heterocycles. The predicted octanol–water partition coefficient (Wildman–Crippen LogP) is 26.5. The Morgan fingerprint density at radius 2 is 0.481 bits per heavy atom. The number of carbonyl (C=O) groups excluding carboxylic acids is 4. The van der Waals surface area contributed by atoms with E-state index in [-0.39, 0.29) is 25.7 Å². The summed E-state index contributed by atoms with van der Waals surface area (Å²) in [7, 11) is -9.93. The van der Waals surface area contributed by atoms with Crippen LogP contribution in [0.4, 0.5) is 0 Å². The lowest BCUT2D eigenvalue weighted by Gasteiger charge is -2.21. The monoisotopic (exact) mass is 1550 g/mol. The standard InChI is InChI=1S/C87H170O17P2/c1-8-10-11-12-13-14-15-16-17-25-31-36-41-48-56-63-71-87(92)104-83(75-98-85(90)69-62-55-50-43-45-52-59-66-79(5)6)77-102-106(95,96)100-73-81(88)72-99-105(93,94)101-76-82(74-97-84(89)68-61-54-47-40-35-30-27-22-23-28-33-38-44-51-58-65-78(3)4)103-86(91)70-64-57-49-42-37-32-26-21-19-18-20-24-29-34-39-46-53-60-67-80(7)9-2/h78-83,88H,8-77H2,1-7H3,(H,93,94)(H,95,96)/t80?,81-,82-,83-/m1/s1. The van der Waals surface area contributed by atoms with Crippen LogP contribution in [0.5, 0.6) is 0 Å². The maximum absolute atomic E-state index is 13.2. The van der Waals surface area contributed by atoms with Crippen molar-refractivity contribution in [3.63, 3.8) is 0 Å². The van der Waals surface area contributed by atoms with Crippen LogP contribution in [0.25, 0.3) is 0 Å². The van der Waals surface area contributed by atoms with E-state index in [0.717, 1.165) is 108 Å². The number of phosphoric ester groups is 2. The van der Waals surface area contributed by atoms with Crippen LogP contribution in [0.3, 0.4) is 0 Å². The Labute approximate surface area is 651 Å². The number of hydrogen-bond donors (Lipinski definition) is 3. The minimum Gasteiger partial charge on any atom is -0.462 e. The number of unbranched alkanes of at least 4 members (excludes halogenated alkanes) is 52. The zero-order valence-electron chi connectivity index (χ0n) is 69.9. The van der Waals surface area contributed by atoms with E-state index in [0.29, 0.717) is 31.6 Å². The van der Waals surface area contributed by atoms with E-state index in [2.05, 4.69) is 48.5 Å². The zero-order chi connectivity index (χ0) is 77.9. The Kier molecular flexibility index (Phi) is 75.6. The summed E-state index contributed by atoms with van der Waals surface area (Å²) < 4.78 is 68.9. The Morgan fingerprint density at radius 1 is 0.274 bits per heavy atom. The van der Waals surface area contributed by atoms with E-state index < -0.39 is 97.5 Å². The third-order valence-electron chi connectivity index (χ3n) is 20.7. The van der Waals surface area contributed by atoms with Crippen molar-refractivity contribution < 1.29 is 80.2 Å². The van der Waals surface area contributed by atoms with Crippen LogP contribution in [0, 0.1) is 17.8 Å². The third-order valence-corrected chi connectivity index (χ3v) is 22.6. The number of phosphoric acid groups is 2. The Morgan fingerprint density at radius 3 is 0.717 bits per heavy atom. The fourth-order valence-corrected chi connectivity index (χ4v) is 15.1. The lowest BCUT2D eigenvalue weighted by Crippen LogP contribution is -2.30. The van der Waals surface area contributed by atoms with Gasteiger partial charge in [-0.05, 0) is 43.4 Å². The van der Waals surface area contributed by atoms with E-state index in [1.54, 1.807) is 0 Å². The molecule has 0 aliphatic rings. The summed E-state index contributed by atoms with van der Waals surface area (Å²) in [4.78, 5) is 73.2. The molecule has 19 heteroatoms. The van der Waals surface area contributed by atoms with Gasteiger partial charge in [0, 0.05) is 25.7 Å². The van der Waals surface area contributed by atoms with Crippen molar-refractivity contribution in [3.05, 3.63) is 0 Å². The Bertz CT molecular complexity index is 2050.